The molecule has 4 rings (SSSR count). The molecular formula is C20H25FN2O2. The molecule has 3 aliphatic rings. The minimum Gasteiger partial charge on any atom is -0.355 e. The highest BCUT2D eigenvalue weighted by atomic mass is 19.1. The predicted octanol–water partition coefficient (Wildman–Crippen LogP) is 2.62. The molecule has 1 aromatic rings. The molecule has 0 unspecified atom stereocenters. The van der Waals surface area contributed by atoms with Crippen molar-refractivity contribution in [2.75, 3.05) is 19.6 Å². The molecule has 0 bridgehead atoms. The van der Waals surface area contributed by atoms with E-state index in [9.17, 15) is 14.0 Å². The molecule has 2 saturated carbocycles. The topological polar surface area (TPSA) is 49.4 Å². The zero-order valence-corrected chi connectivity index (χ0v) is 14.5. The predicted molar refractivity (Wildman–Crippen MR) is 92.3 cm³/mol. The van der Waals surface area contributed by atoms with Gasteiger partial charge in [-0.1, -0.05) is 12.1 Å². The molecule has 1 aromatic carbocycles. The molecule has 1 heterocycles. The molecule has 2 aliphatic carbocycles. The third-order valence-electron chi connectivity index (χ3n) is 6.02. The van der Waals surface area contributed by atoms with Gasteiger partial charge in [-0.25, -0.2) is 4.39 Å². The van der Waals surface area contributed by atoms with Gasteiger partial charge in [-0.3, -0.25) is 9.59 Å². The second-order valence-electron chi connectivity index (χ2n) is 7.88. The molecule has 5 heteroatoms. The molecule has 3 fully saturated rings. The summed E-state index contributed by atoms with van der Waals surface area (Å²) in [5, 5.41) is 3.11. The maximum atomic E-state index is 13.1. The highest BCUT2D eigenvalue weighted by molar-refractivity contribution is 5.82. The summed E-state index contributed by atoms with van der Waals surface area (Å²) in [5.74, 6) is 0.429. The fourth-order valence-corrected chi connectivity index (χ4v) is 3.87. The van der Waals surface area contributed by atoms with Gasteiger partial charge >= 0.3 is 0 Å². The van der Waals surface area contributed by atoms with Crippen LogP contribution in [-0.4, -0.2) is 36.3 Å². The fraction of sp³-hybridized carbons (Fsp3) is 0.600. The summed E-state index contributed by atoms with van der Waals surface area (Å²) in [6.45, 7) is 2.03. The van der Waals surface area contributed by atoms with Crippen LogP contribution in [0.3, 0.4) is 0 Å². The molecule has 2 amide bonds. The van der Waals surface area contributed by atoms with Crippen molar-refractivity contribution in [1.29, 1.82) is 0 Å². The van der Waals surface area contributed by atoms with Gasteiger partial charge in [0.2, 0.25) is 11.8 Å². The Hall–Kier alpha value is -1.91. The first-order chi connectivity index (χ1) is 12.1. The number of rotatable bonds is 5. The Morgan fingerprint density at radius 1 is 1.04 bits per heavy atom. The summed E-state index contributed by atoms with van der Waals surface area (Å²) in [5.41, 5.74) is 1.10. The normalized spacial score (nSPS) is 22.5. The lowest BCUT2D eigenvalue weighted by atomic mass is 9.93. The van der Waals surface area contributed by atoms with Gasteiger partial charge < -0.3 is 10.2 Å². The SMILES string of the molecule is O=C(NCC1(c2ccc(F)cc2)CC1)C1CCN(C(=O)C2CC2)CC1. The van der Waals surface area contributed by atoms with Gasteiger partial charge in [-0.05, 0) is 56.2 Å². The Morgan fingerprint density at radius 2 is 1.68 bits per heavy atom. The highest BCUT2D eigenvalue weighted by Gasteiger charge is 2.44. The van der Waals surface area contributed by atoms with Gasteiger partial charge in [0.1, 0.15) is 5.82 Å². The second kappa shape index (κ2) is 6.43. The number of halogens is 1. The van der Waals surface area contributed by atoms with Crippen molar-refractivity contribution in [3.8, 4) is 0 Å². The molecular weight excluding hydrogens is 319 g/mol. The van der Waals surface area contributed by atoms with Crippen molar-refractivity contribution >= 4 is 11.8 Å². The van der Waals surface area contributed by atoms with E-state index in [0.717, 1.165) is 44.1 Å². The Bertz CT molecular complexity index is 657. The fourth-order valence-electron chi connectivity index (χ4n) is 3.87. The number of amides is 2. The molecule has 4 nitrogen and oxygen atoms in total. The van der Waals surface area contributed by atoms with Crippen LogP contribution < -0.4 is 5.32 Å². The molecule has 134 valence electrons. The minimum absolute atomic E-state index is 0.00673. The molecule has 1 N–H and O–H groups in total. The lowest BCUT2D eigenvalue weighted by molar-refractivity contribution is -0.136. The Balaban J connectivity index is 1.27. The van der Waals surface area contributed by atoms with Crippen molar-refractivity contribution in [3.63, 3.8) is 0 Å². The third kappa shape index (κ3) is 3.55. The molecule has 0 radical (unpaired) electrons. The average Bonchev–Trinajstić information content (AvgIpc) is 3.54. The van der Waals surface area contributed by atoms with E-state index in [1.807, 2.05) is 17.0 Å². The average molecular weight is 344 g/mol. The number of likely N-dealkylation sites (tertiary alicyclic amines) is 1. The summed E-state index contributed by atoms with van der Waals surface area (Å²) in [4.78, 5) is 26.5. The van der Waals surface area contributed by atoms with Gasteiger partial charge in [0.05, 0.1) is 0 Å². The standard InChI is InChI=1S/C20H25FN2O2/c21-17-5-3-16(4-6-17)20(9-10-20)13-22-18(24)14-7-11-23(12-8-14)19(25)15-1-2-15/h3-6,14-15H,1-2,7-13H2,(H,22,24). The number of hydrogen-bond donors (Lipinski definition) is 1. The third-order valence-corrected chi connectivity index (χ3v) is 6.02. The zero-order chi connectivity index (χ0) is 17.4. The zero-order valence-electron chi connectivity index (χ0n) is 14.5. The van der Waals surface area contributed by atoms with E-state index < -0.39 is 0 Å². The van der Waals surface area contributed by atoms with E-state index in [4.69, 9.17) is 0 Å². The number of nitrogens with zero attached hydrogens (tertiary/aromatic N) is 1. The minimum atomic E-state index is -0.226. The van der Waals surface area contributed by atoms with Crippen molar-refractivity contribution in [2.45, 2.75) is 43.9 Å². The van der Waals surface area contributed by atoms with E-state index in [0.29, 0.717) is 19.6 Å². The largest absolute Gasteiger partial charge is 0.355 e. The van der Waals surface area contributed by atoms with Crippen LogP contribution in [0.1, 0.15) is 44.1 Å². The molecule has 1 saturated heterocycles. The second-order valence-corrected chi connectivity index (χ2v) is 7.88. The summed E-state index contributed by atoms with van der Waals surface area (Å²) in [7, 11) is 0. The van der Waals surface area contributed by atoms with Crippen molar-refractivity contribution in [1.82, 2.24) is 10.2 Å². The number of hydrogen-bond acceptors (Lipinski definition) is 2. The number of nitrogens with one attached hydrogen (secondary N) is 1. The van der Waals surface area contributed by atoms with E-state index in [-0.39, 0.29) is 34.9 Å². The highest BCUT2D eigenvalue weighted by Crippen LogP contribution is 2.47. The summed E-state index contributed by atoms with van der Waals surface area (Å²) < 4.78 is 13.1. The smallest absolute Gasteiger partial charge is 0.225 e. The van der Waals surface area contributed by atoms with Crippen LogP contribution in [-0.2, 0) is 15.0 Å². The number of piperidine rings is 1. The van der Waals surface area contributed by atoms with Crippen LogP contribution in [0.15, 0.2) is 24.3 Å². The Labute approximate surface area is 147 Å². The monoisotopic (exact) mass is 344 g/mol. The van der Waals surface area contributed by atoms with Gasteiger partial charge in [0.25, 0.3) is 0 Å². The van der Waals surface area contributed by atoms with Crippen LogP contribution in [0.4, 0.5) is 4.39 Å². The lowest BCUT2D eigenvalue weighted by Gasteiger charge is -2.31. The Kier molecular flexibility index (Phi) is 4.26. The quantitative estimate of drug-likeness (QED) is 0.893. The van der Waals surface area contributed by atoms with Crippen LogP contribution in [0.25, 0.3) is 0 Å². The summed E-state index contributed by atoms with van der Waals surface area (Å²) >= 11 is 0. The van der Waals surface area contributed by atoms with Crippen molar-refractivity contribution < 1.29 is 14.0 Å². The van der Waals surface area contributed by atoms with E-state index in [2.05, 4.69) is 5.32 Å². The van der Waals surface area contributed by atoms with E-state index in [1.165, 1.54) is 12.1 Å². The van der Waals surface area contributed by atoms with Crippen LogP contribution >= 0.6 is 0 Å². The molecule has 0 aromatic heterocycles. The van der Waals surface area contributed by atoms with Gasteiger partial charge in [-0.15, -0.1) is 0 Å². The first-order valence-electron chi connectivity index (χ1n) is 9.40. The van der Waals surface area contributed by atoms with E-state index >= 15 is 0 Å². The maximum absolute atomic E-state index is 13.1. The van der Waals surface area contributed by atoms with Gasteiger partial charge in [0, 0.05) is 36.9 Å². The van der Waals surface area contributed by atoms with Crippen LogP contribution in [0.5, 0.6) is 0 Å². The molecule has 0 spiro atoms. The van der Waals surface area contributed by atoms with E-state index in [1.54, 1.807) is 0 Å². The van der Waals surface area contributed by atoms with Gasteiger partial charge in [0.15, 0.2) is 0 Å². The number of carbonyl (C=O) groups is 2. The first-order valence-corrected chi connectivity index (χ1v) is 9.40. The lowest BCUT2D eigenvalue weighted by Crippen LogP contribution is -2.44. The molecule has 1 aliphatic heterocycles. The van der Waals surface area contributed by atoms with Crippen LogP contribution in [0.2, 0.25) is 0 Å². The molecule has 0 atom stereocenters. The van der Waals surface area contributed by atoms with Crippen molar-refractivity contribution in [2.24, 2.45) is 11.8 Å². The molecule has 25 heavy (non-hydrogen) atoms. The number of benzene rings is 1. The van der Waals surface area contributed by atoms with Gasteiger partial charge in [-0.2, -0.15) is 0 Å². The summed E-state index contributed by atoms with van der Waals surface area (Å²) in [6, 6.07) is 6.64. The number of carbonyl (C=O) groups excluding carboxylic acids is 2. The first kappa shape index (κ1) is 16.6. The van der Waals surface area contributed by atoms with Crippen LogP contribution in [0, 0.1) is 17.7 Å². The Morgan fingerprint density at radius 3 is 2.24 bits per heavy atom. The maximum Gasteiger partial charge on any atom is 0.225 e. The van der Waals surface area contributed by atoms with Crippen molar-refractivity contribution in [3.05, 3.63) is 35.6 Å². The summed E-state index contributed by atoms with van der Waals surface area (Å²) in [6.07, 6.45) is 5.65.